The molecule has 28 heavy (non-hydrogen) atoms. The van der Waals surface area contributed by atoms with Crippen LogP contribution < -0.4 is 9.47 Å². The van der Waals surface area contributed by atoms with E-state index in [0.717, 1.165) is 17.5 Å². The predicted octanol–water partition coefficient (Wildman–Crippen LogP) is 3.35. The Hall–Kier alpha value is -1.95. The molecular formula is C21H28ClNO5. The van der Waals surface area contributed by atoms with E-state index in [9.17, 15) is 9.59 Å². The maximum absolute atomic E-state index is 13.1. The van der Waals surface area contributed by atoms with Crippen molar-refractivity contribution < 1.29 is 23.8 Å². The molecule has 2 aliphatic heterocycles. The molecule has 2 heterocycles. The number of ether oxygens (including phenoxy) is 3. The van der Waals surface area contributed by atoms with Gasteiger partial charge < -0.3 is 19.1 Å². The minimum Gasteiger partial charge on any atom is -0.493 e. The second kappa shape index (κ2) is 8.60. The first-order valence-corrected chi connectivity index (χ1v) is 10.2. The third-order valence-electron chi connectivity index (χ3n) is 6.15. The molecule has 0 spiro atoms. The smallest absolute Gasteiger partial charge is 0.305 e. The van der Waals surface area contributed by atoms with E-state index >= 15 is 0 Å². The first-order valence-electron chi connectivity index (χ1n) is 9.67. The Morgan fingerprint density at radius 2 is 1.86 bits per heavy atom. The number of carbonyl (C=O) groups excluding carboxylic acids is 2. The van der Waals surface area contributed by atoms with E-state index < -0.39 is 0 Å². The molecular weight excluding hydrogens is 382 g/mol. The summed E-state index contributed by atoms with van der Waals surface area (Å²) in [6.45, 7) is 2.10. The zero-order valence-electron chi connectivity index (χ0n) is 16.9. The van der Waals surface area contributed by atoms with Gasteiger partial charge >= 0.3 is 5.97 Å². The van der Waals surface area contributed by atoms with Crippen LogP contribution in [0, 0.1) is 11.8 Å². The average Bonchev–Trinajstić information content (AvgIpc) is 2.71. The summed E-state index contributed by atoms with van der Waals surface area (Å²) in [6.07, 6.45) is 2.12. The number of benzene rings is 1. The fourth-order valence-electron chi connectivity index (χ4n) is 4.86. The average molecular weight is 410 g/mol. The number of hydrogen-bond acceptors (Lipinski definition) is 5. The van der Waals surface area contributed by atoms with E-state index in [2.05, 4.69) is 6.92 Å². The molecule has 4 atom stereocenters. The van der Waals surface area contributed by atoms with Crippen molar-refractivity contribution in [1.29, 1.82) is 0 Å². The summed E-state index contributed by atoms with van der Waals surface area (Å²) >= 11 is 6.27. The van der Waals surface area contributed by atoms with Crippen molar-refractivity contribution in [3.8, 4) is 11.5 Å². The number of esters is 1. The molecule has 2 aliphatic rings. The highest BCUT2D eigenvalue weighted by Crippen LogP contribution is 2.50. The Kier molecular flexibility index (Phi) is 6.38. The lowest BCUT2D eigenvalue weighted by atomic mass is 9.70. The van der Waals surface area contributed by atoms with Gasteiger partial charge in [0.1, 0.15) is 0 Å². The molecule has 1 saturated heterocycles. The second-order valence-electron chi connectivity index (χ2n) is 7.48. The van der Waals surface area contributed by atoms with Gasteiger partial charge in [0.2, 0.25) is 5.91 Å². The van der Waals surface area contributed by atoms with Crippen LogP contribution in [0.4, 0.5) is 0 Å². The summed E-state index contributed by atoms with van der Waals surface area (Å²) in [4.78, 5) is 27.0. The van der Waals surface area contributed by atoms with E-state index in [-0.39, 0.29) is 42.2 Å². The predicted molar refractivity (Wildman–Crippen MR) is 106 cm³/mol. The quantitative estimate of drug-likeness (QED) is 0.532. The summed E-state index contributed by atoms with van der Waals surface area (Å²) < 4.78 is 15.9. The van der Waals surface area contributed by atoms with Crippen LogP contribution in [0.1, 0.15) is 43.4 Å². The van der Waals surface area contributed by atoms with Gasteiger partial charge in [-0.2, -0.15) is 0 Å². The topological polar surface area (TPSA) is 65.1 Å². The molecule has 3 rings (SSSR count). The van der Waals surface area contributed by atoms with Crippen LogP contribution in [-0.4, -0.2) is 50.0 Å². The number of methoxy groups -OCH3 is 3. The zero-order valence-corrected chi connectivity index (χ0v) is 17.6. The summed E-state index contributed by atoms with van der Waals surface area (Å²) in [5.41, 5.74) is 2.18. The number of hydrogen-bond donors (Lipinski definition) is 0. The van der Waals surface area contributed by atoms with E-state index in [1.54, 1.807) is 14.2 Å². The van der Waals surface area contributed by atoms with Gasteiger partial charge in [-0.15, -0.1) is 11.6 Å². The minimum absolute atomic E-state index is 0.0506. The van der Waals surface area contributed by atoms with Gasteiger partial charge in [-0.05, 0) is 41.5 Å². The van der Waals surface area contributed by atoms with Gasteiger partial charge in [-0.3, -0.25) is 9.59 Å². The summed E-state index contributed by atoms with van der Waals surface area (Å²) in [5.74, 6) is 1.54. The Labute approximate surface area is 171 Å². The van der Waals surface area contributed by atoms with Gasteiger partial charge in [0.15, 0.2) is 11.5 Å². The van der Waals surface area contributed by atoms with Crippen molar-refractivity contribution in [2.45, 2.75) is 44.7 Å². The lowest BCUT2D eigenvalue weighted by Crippen LogP contribution is -2.55. The monoisotopic (exact) mass is 409 g/mol. The van der Waals surface area contributed by atoms with Gasteiger partial charge in [-0.1, -0.05) is 13.3 Å². The molecule has 0 radical (unpaired) electrons. The SMILES string of the molecule is CC[C@@H]1[C@@H](CC(=O)OC)CC(=O)N2[C@H](CCl)Cc3cc(OC)c(OC)cc3[C@@H]12. The van der Waals surface area contributed by atoms with Crippen LogP contribution in [0.5, 0.6) is 11.5 Å². The standard InChI is InChI=1S/C21H28ClNO5/c1-5-15-13(9-20(25)28-4)8-19(24)23-14(11-22)6-12-7-17(26-2)18(27-3)10-16(12)21(15)23/h7,10,13-15,21H,5-6,8-9,11H2,1-4H3/t13-,14+,15-,21-/m1/s1. The molecule has 6 nitrogen and oxygen atoms in total. The molecule has 154 valence electrons. The highest BCUT2D eigenvalue weighted by molar-refractivity contribution is 6.18. The third-order valence-corrected chi connectivity index (χ3v) is 6.51. The maximum atomic E-state index is 13.1. The van der Waals surface area contributed by atoms with Crippen molar-refractivity contribution in [2.75, 3.05) is 27.2 Å². The molecule has 0 aromatic heterocycles. The Bertz CT molecular complexity index is 753. The highest BCUT2D eigenvalue weighted by atomic mass is 35.5. The fraction of sp³-hybridized carbons (Fsp3) is 0.619. The molecule has 0 N–H and O–H groups in total. The molecule has 0 bridgehead atoms. The Balaban J connectivity index is 2.10. The number of halogens is 1. The number of nitrogens with zero attached hydrogens (tertiary/aromatic N) is 1. The number of carbonyl (C=O) groups is 2. The van der Waals surface area contributed by atoms with Crippen molar-refractivity contribution >= 4 is 23.5 Å². The largest absolute Gasteiger partial charge is 0.493 e. The second-order valence-corrected chi connectivity index (χ2v) is 7.79. The molecule has 1 amide bonds. The van der Waals surface area contributed by atoms with Gasteiger partial charge in [0.25, 0.3) is 0 Å². The third kappa shape index (κ3) is 3.54. The first-order chi connectivity index (χ1) is 13.5. The van der Waals surface area contributed by atoms with Crippen LogP contribution in [0.25, 0.3) is 0 Å². The Morgan fingerprint density at radius 3 is 2.43 bits per heavy atom. The van der Waals surface area contributed by atoms with Crippen LogP contribution in [0.2, 0.25) is 0 Å². The van der Waals surface area contributed by atoms with Crippen molar-refractivity contribution in [3.63, 3.8) is 0 Å². The van der Waals surface area contributed by atoms with Crippen molar-refractivity contribution in [1.82, 2.24) is 4.90 Å². The number of amides is 1. The minimum atomic E-state index is -0.276. The van der Waals surface area contributed by atoms with Crippen LogP contribution in [-0.2, 0) is 20.7 Å². The zero-order chi connectivity index (χ0) is 20.4. The molecule has 0 saturated carbocycles. The van der Waals surface area contributed by atoms with E-state index in [4.69, 9.17) is 25.8 Å². The van der Waals surface area contributed by atoms with Gasteiger partial charge in [-0.25, -0.2) is 0 Å². The van der Waals surface area contributed by atoms with Crippen LogP contribution in [0.3, 0.4) is 0 Å². The molecule has 1 fully saturated rings. The normalized spacial score (nSPS) is 26.3. The van der Waals surface area contributed by atoms with Crippen LogP contribution >= 0.6 is 11.6 Å². The number of piperidine rings is 1. The van der Waals surface area contributed by atoms with Gasteiger partial charge in [0, 0.05) is 24.8 Å². The molecule has 1 aromatic carbocycles. The van der Waals surface area contributed by atoms with Crippen LogP contribution in [0.15, 0.2) is 12.1 Å². The van der Waals surface area contributed by atoms with E-state index in [1.165, 1.54) is 7.11 Å². The lowest BCUT2D eigenvalue weighted by molar-refractivity contribution is -0.150. The van der Waals surface area contributed by atoms with E-state index in [1.807, 2.05) is 17.0 Å². The highest BCUT2D eigenvalue weighted by Gasteiger charge is 2.48. The number of rotatable bonds is 6. The van der Waals surface area contributed by atoms with E-state index in [0.29, 0.717) is 30.2 Å². The Morgan fingerprint density at radius 1 is 1.18 bits per heavy atom. The number of alkyl halides is 1. The van der Waals surface area contributed by atoms with Gasteiger partial charge in [0.05, 0.1) is 27.4 Å². The first kappa shape index (κ1) is 20.8. The number of fused-ring (bicyclic) bond motifs is 3. The summed E-state index contributed by atoms with van der Waals surface area (Å²) in [5, 5.41) is 0. The maximum Gasteiger partial charge on any atom is 0.305 e. The van der Waals surface area contributed by atoms with Crippen molar-refractivity contribution in [2.24, 2.45) is 11.8 Å². The van der Waals surface area contributed by atoms with Crippen molar-refractivity contribution in [3.05, 3.63) is 23.3 Å². The molecule has 7 heteroatoms. The summed E-state index contributed by atoms with van der Waals surface area (Å²) in [7, 11) is 4.61. The molecule has 0 aliphatic carbocycles. The molecule has 1 aromatic rings. The molecule has 0 unspecified atom stereocenters. The fourth-order valence-corrected chi connectivity index (χ4v) is 5.12. The lowest BCUT2D eigenvalue weighted by Gasteiger charge is -2.51. The summed E-state index contributed by atoms with van der Waals surface area (Å²) in [6, 6.07) is 3.77.